The third-order valence-electron chi connectivity index (χ3n) is 15.0. The fraction of sp³-hybridized carbons (Fsp3) is 0.630. The molecule has 19 heteroatoms. The number of hydrogen-bond acceptors (Lipinski definition) is 15. The zero-order chi connectivity index (χ0) is 73.2. The van der Waals surface area contributed by atoms with Gasteiger partial charge in [0.05, 0.1) is 32.8 Å². The molecule has 0 fully saturated rings. The molecule has 3 N–H and O–H groups in total. The predicted molar refractivity (Wildman–Crippen MR) is 408 cm³/mol. The van der Waals surface area contributed by atoms with E-state index in [1.54, 1.807) is 6.08 Å². The van der Waals surface area contributed by atoms with Crippen LogP contribution < -0.4 is 0 Å². The zero-order valence-electron chi connectivity index (χ0n) is 61.8. The number of allylic oxidation sites excluding steroid dienone is 25. The molecular weight excluding hydrogens is 1310 g/mol. The first-order valence-electron chi connectivity index (χ1n) is 37.7. The van der Waals surface area contributed by atoms with Crippen LogP contribution in [0.15, 0.2) is 158 Å². The van der Waals surface area contributed by atoms with Gasteiger partial charge in [-0.1, -0.05) is 276 Å². The van der Waals surface area contributed by atoms with Crippen molar-refractivity contribution in [2.75, 3.05) is 39.6 Å². The van der Waals surface area contributed by atoms with Gasteiger partial charge < -0.3 is 33.8 Å². The Morgan fingerprint density at radius 2 is 0.560 bits per heavy atom. The number of phosphoric acid groups is 2. The van der Waals surface area contributed by atoms with Gasteiger partial charge in [0.25, 0.3) is 0 Å². The van der Waals surface area contributed by atoms with Gasteiger partial charge in [-0.3, -0.25) is 37.3 Å². The number of carbonyl (C=O) groups is 4. The summed E-state index contributed by atoms with van der Waals surface area (Å²) in [5.74, 6) is -2.39. The lowest BCUT2D eigenvalue weighted by molar-refractivity contribution is -0.161. The fourth-order valence-electron chi connectivity index (χ4n) is 9.39. The first-order valence-corrected chi connectivity index (χ1v) is 40.7. The lowest BCUT2D eigenvalue weighted by atomic mass is 10.1. The van der Waals surface area contributed by atoms with Gasteiger partial charge in [-0.05, 0) is 128 Å². The Kier molecular flexibility index (Phi) is 68.2. The molecule has 568 valence electrons. The van der Waals surface area contributed by atoms with Gasteiger partial charge in [0.2, 0.25) is 0 Å². The maximum Gasteiger partial charge on any atom is 0.472 e. The Labute approximate surface area is 604 Å². The lowest BCUT2D eigenvalue weighted by Gasteiger charge is -2.21. The lowest BCUT2D eigenvalue weighted by Crippen LogP contribution is -2.30. The Hall–Kier alpha value is -5.32. The van der Waals surface area contributed by atoms with E-state index in [0.29, 0.717) is 25.7 Å². The smallest absolute Gasteiger partial charge is 0.462 e. The van der Waals surface area contributed by atoms with Crippen molar-refractivity contribution in [3.05, 3.63) is 158 Å². The van der Waals surface area contributed by atoms with E-state index in [0.717, 1.165) is 154 Å². The Morgan fingerprint density at radius 3 is 0.890 bits per heavy atom. The quantitative estimate of drug-likeness (QED) is 0.0169. The molecule has 0 saturated heterocycles. The zero-order valence-corrected chi connectivity index (χ0v) is 63.6. The third kappa shape index (κ3) is 71.1. The molecule has 0 bridgehead atoms. The van der Waals surface area contributed by atoms with Gasteiger partial charge in [-0.2, -0.15) is 0 Å². The number of carbonyl (C=O) groups excluding carboxylic acids is 4. The summed E-state index contributed by atoms with van der Waals surface area (Å²) in [6.45, 7) is 4.33. The summed E-state index contributed by atoms with van der Waals surface area (Å²) >= 11 is 0. The summed E-state index contributed by atoms with van der Waals surface area (Å²) in [4.78, 5) is 72.8. The number of ether oxygens (including phenoxy) is 4. The van der Waals surface area contributed by atoms with Gasteiger partial charge in [0.15, 0.2) is 12.2 Å². The van der Waals surface area contributed by atoms with Crippen LogP contribution in [-0.2, 0) is 65.4 Å². The molecule has 0 radical (unpaired) electrons. The molecule has 0 aliphatic heterocycles. The fourth-order valence-corrected chi connectivity index (χ4v) is 11.0. The number of aliphatic hydroxyl groups is 1. The number of aliphatic hydroxyl groups excluding tert-OH is 1. The molecule has 0 heterocycles. The highest BCUT2D eigenvalue weighted by molar-refractivity contribution is 7.47. The highest BCUT2D eigenvalue weighted by Crippen LogP contribution is 2.45. The van der Waals surface area contributed by atoms with Crippen LogP contribution in [0.2, 0.25) is 0 Å². The maximum atomic E-state index is 13.1. The summed E-state index contributed by atoms with van der Waals surface area (Å²) < 4.78 is 68.3. The minimum absolute atomic E-state index is 0.0540. The van der Waals surface area contributed by atoms with Crippen LogP contribution in [0.5, 0.6) is 0 Å². The third-order valence-corrected chi connectivity index (χ3v) is 16.9. The van der Waals surface area contributed by atoms with Crippen molar-refractivity contribution in [2.45, 2.75) is 290 Å². The van der Waals surface area contributed by atoms with Crippen LogP contribution in [0.4, 0.5) is 0 Å². The van der Waals surface area contributed by atoms with Gasteiger partial charge in [-0.15, -0.1) is 0 Å². The number of hydrogen-bond donors (Lipinski definition) is 3. The molecule has 5 unspecified atom stereocenters. The van der Waals surface area contributed by atoms with Crippen molar-refractivity contribution >= 4 is 39.5 Å². The van der Waals surface area contributed by atoms with E-state index in [4.69, 9.17) is 37.0 Å². The molecule has 0 aliphatic carbocycles. The molecule has 5 atom stereocenters. The van der Waals surface area contributed by atoms with E-state index in [-0.39, 0.29) is 25.7 Å². The summed E-state index contributed by atoms with van der Waals surface area (Å²) in [7, 11) is -10.00. The molecule has 0 amide bonds. The minimum atomic E-state index is -5.00. The van der Waals surface area contributed by atoms with Crippen molar-refractivity contribution in [3.8, 4) is 0 Å². The summed E-state index contributed by atoms with van der Waals surface area (Å²) in [6, 6.07) is 0. The molecule has 0 aliphatic rings. The van der Waals surface area contributed by atoms with E-state index >= 15 is 0 Å². The predicted octanol–water partition coefficient (Wildman–Crippen LogP) is 21.7. The first kappa shape index (κ1) is 94.7. The van der Waals surface area contributed by atoms with Crippen molar-refractivity contribution in [3.63, 3.8) is 0 Å². The number of rotatable bonds is 69. The van der Waals surface area contributed by atoms with Crippen LogP contribution in [0.1, 0.15) is 272 Å². The van der Waals surface area contributed by atoms with E-state index in [1.165, 1.54) is 38.5 Å². The normalized spacial score (nSPS) is 14.8. The highest BCUT2D eigenvalue weighted by Gasteiger charge is 2.30. The molecule has 0 aromatic carbocycles. The van der Waals surface area contributed by atoms with Crippen LogP contribution >= 0.6 is 15.6 Å². The number of phosphoric ester groups is 2. The van der Waals surface area contributed by atoms with Crippen molar-refractivity contribution in [1.82, 2.24) is 0 Å². The highest BCUT2D eigenvalue weighted by atomic mass is 31.2. The Balaban J connectivity index is 5.46. The molecule has 100 heavy (non-hydrogen) atoms. The second-order valence-electron chi connectivity index (χ2n) is 24.5. The van der Waals surface area contributed by atoms with Gasteiger partial charge in [0.1, 0.15) is 19.3 Å². The molecule has 0 aromatic heterocycles. The molecule has 0 aromatic rings. The second kappa shape index (κ2) is 72.0. The van der Waals surface area contributed by atoms with Crippen LogP contribution in [0, 0.1) is 0 Å². The molecule has 0 saturated carbocycles. The number of unbranched alkanes of at least 4 members (excludes halogenated alkanes) is 18. The summed E-state index contributed by atoms with van der Waals surface area (Å²) in [5, 5.41) is 10.6. The minimum Gasteiger partial charge on any atom is -0.462 e. The van der Waals surface area contributed by atoms with Gasteiger partial charge in [-0.25, -0.2) is 9.13 Å². The van der Waals surface area contributed by atoms with Crippen LogP contribution in [0.3, 0.4) is 0 Å². The van der Waals surface area contributed by atoms with E-state index in [9.17, 15) is 43.2 Å². The van der Waals surface area contributed by atoms with Gasteiger partial charge >= 0.3 is 39.5 Å². The summed E-state index contributed by atoms with van der Waals surface area (Å²) in [6.07, 6.45) is 82.7. The maximum absolute atomic E-state index is 13.1. The standard InChI is InChI=1S/C81H132O17P2/c1-5-9-13-17-21-25-29-32-35-37-40-43-47-50-54-58-62-66-79(84)92-72-77(98-81(86)68-64-60-56-52-48-44-41-38-36-33-30-26-22-18-14-10-6-2)74-96-100(89,90)94-70-75(82)69-93-99(87,88)95-73-76(97-80(85)67-63-59-55-51-45-28-24-20-16-12-8-4)71-91-78(83)65-61-57-53-49-46-42-39-34-31-27-23-19-15-11-7-3/h9-11,13-15,21-23,25-27,32-36,39-41,43-44,46,49,57,61,75-77,82H,5-8,12,16-20,24,28-31,37-38,42,45,47-48,50-56,58-60,62-74H2,1-4H3,(H,87,88)(H,89,90)/b13-9-,14-10-,15-11-,25-21-,26-22-,27-23-,35-32-,36-33-,39-34-,43-40-,44-41-,49-46-,61-57-. The van der Waals surface area contributed by atoms with Crippen molar-refractivity contribution in [1.29, 1.82) is 0 Å². The average molecular weight is 1440 g/mol. The largest absolute Gasteiger partial charge is 0.472 e. The monoisotopic (exact) mass is 1440 g/mol. The molecule has 0 spiro atoms. The Morgan fingerprint density at radius 1 is 0.300 bits per heavy atom. The summed E-state index contributed by atoms with van der Waals surface area (Å²) in [5.41, 5.74) is 0. The topological polar surface area (TPSA) is 237 Å². The van der Waals surface area contributed by atoms with Crippen LogP contribution in [-0.4, -0.2) is 96.7 Å². The second-order valence-corrected chi connectivity index (χ2v) is 27.4. The molecule has 17 nitrogen and oxygen atoms in total. The van der Waals surface area contributed by atoms with Crippen molar-refractivity contribution in [2.24, 2.45) is 0 Å². The SMILES string of the molecule is CC/C=C\C/C=C\C/C=C\C/C=C\C/C=C\CC(=O)OCC(COP(=O)(O)OCC(O)COP(=O)(O)OCC(COC(=O)CCCCCC/C=C\C/C=C\C/C=C\C/C=C\CC)OC(=O)CCCCCC/C=C\C/C=C\C/C=C\C/C=C\CC)OC(=O)CCCCCCCCCCCCC. The van der Waals surface area contributed by atoms with Crippen LogP contribution in [0.25, 0.3) is 0 Å². The Bertz CT molecular complexity index is 2520. The average Bonchev–Trinajstić information content (AvgIpc) is 1.07. The van der Waals surface area contributed by atoms with E-state index in [2.05, 4.69) is 161 Å². The van der Waals surface area contributed by atoms with Gasteiger partial charge in [0, 0.05) is 19.3 Å². The molecular formula is C81H132O17P2. The first-order chi connectivity index (χ1) is 48.7. The van der Waals surface area contributed by atoms with E-state index in [1.807, 2.05) is 18.2 Å². The van der Waals surface area contributed by atoms with Crippen molar-refractivity contribution < 1.29 is 80.2 Å². The molecule has 0 rings (SSSR count). The number of esters is 4. The van der Waals surface area contributed by atoms with E-state index < -0.39 is 97.5 Å².